The predicted molar refractivity (Wildman–Crippen MR) is 117 cm³/mol. The van der Waals surface area contributed by atoms with Gasteiger partial charge in [-0.05, 0) is 37.6 Å². The summed E-state index contributed by atoms with van der Waals surface area (Å²) >= 11 is 6.18. The van der Waals surface area contributed by atoms with Crippen molar-refractivity contribution < 1.29 is 22.7 Å². The highest BCUT2D eigenvalue weighted by atomic mass is 35.5. The van der Waals surface area contributed by atoms with Crippen LogP contribution in [0.4, 0.5) is 5.69 Å². The van der Waals surface area contributed by atoms with Gasteiger partial charge < -0.3 is 4.74 Å². The van der Waals surface area contributed by atoms with E-state index in [1.807, 2.05) is 0 Å². The van der Waals surface area contributed by atoms with Crippen LogP contribution in [-0.2, 0) is 14.8 Å². The molecule has 3 aromatic rings. The number of hydrogen-bond donors (Lipinski definition) is 0. The zero-order valence-electron chi connectivity index (χ0n) is 16.9. The van der Waals surface area contributed by atoms with Gasteiger partial charge in [-0.3, -0.25) is 13.7 Å². The molecule has 0 aliphatic heterocycles. The largest absolute Gasteiger partial charge is 0.465 e. The number of aryl methyl sites for hydroxylation is 1. The van der Waals surface area contributed by atoms with Crippen LogP contribution in [0.3, 0.4) is 0 Å². The average molecular weight is 449 g/mol. The summed E-state index contributed by atoms with van der Waals surface area (Å²) in [6.45, 7) is 3.29. The number of halogens is 1. The topological polar surface area (TPSA) is 85.7 Å². The number of hydrogen-bond acceptors (Lipinski definition) is 5. The van der Waals surface area contributed by atoms with Crippen LogP contribution in [0.15, 0.2) is 48.7 Å². The van der Waals surface area contributed by atoms with Gasteiger partial charge in [-0.15, -0.1) is 0 Å². The van der Waals surface area contributed by atoms with Gasteiger partial charge in [0.2, 0.25) is 10.0 Å². The van der Waals surface area contributed by atoms with E-state index in [0.717, 1.165) is 16.1 Å². The monoisotopic (exact) mass is 448 g/mol. The van der Waals surface area contributed by atoms with Gasteiger partial charge in [-0.2, -0.15) is 0 Å². The van der Waals surface area contributed by atoms with E-state index < -0.39 is 27.9 Å². The minimum Gasteiger partial charge on any atom is -0.465 e. The normalized spacial score (nSPS) is 12.6. The second-order valence-corrected chi connectivity index (χ2v) is 9.19. The molecule has 0 fully saturated rings. The van der Waals surface area contributed by atoms with Crippen LogP contribution in [0.1, 0.15) is 27.6 Å². The molecular formula is C21H21ClN2O5S. The summed E-state index contributed by atoms with van der Waals surface area (Å²) in [7, 11) is -2.56. The van der Waals surface area contributed by atoms with Crippen molar-refractivity contribution in [3.63, 3.8) is 0 Å². The molecule has 1 aromatic heterocycles. The zero-order chi connectivity index (χ0) is 22.2. The molecule has 0 bridgehead atoms. The molecule has 0 aliphatic rings. The summed E-state index contributed by atoms with van der Waals surface area (Å²) in [5, 5.41) is 0.925. The number of anilines is 1. The summed E-state index contributed by atoms with van der Waals surface area (Å²) < 4.78 is 32.3. The number of fused-ring (bicyclic) bond motifs is 1. The maximum absolute atomic E-state index is 13.4. The first-order valence-electron chi connectivity index (χ1n) is 9.04. The van der Waals surface area contributed by atoms with E-state index in [9.17, 15) is 18.0 Å². The molecular weight excluding hydrogens is 428 g/mol. The van der Waals surface area contributed by atoms with Crippen molar-refractivity contribution in [1.29, 1.82) is 0 Å². The van der Waals surface area contributed by atoms with Crippen LogP contribution in [0.5, 0.6) is 0 Å². The number of aromatic nitrogens is 1. The SMILES string of the molecule is COC(=O)c1cn(C(=O)[C@@H](C)N(c2ccc(C)c(Cl)c2)S(C)(=O)=O)c2ccccc12. The van der Waals surface area contributed by atoms with Crippen LogP contribution in [0.25, 0.3) is 10.9 Å². The number of methoxy groups -OCH3 is 1. The Morgan fingerprint density at radius 2 is 1.83 bits per heavy atom. The Bertz CT molecular complexity index is 1250. The maximum atomic E-state index is 13.4. The van der Waals surface area contributed by atoms with E-state index in [4.69, 9.17) is 16.3 Å². The Hall–Kier alpha value is -2.84. The highest BCUT2D eigenvalue weighted by molar-refractivity contribution is 7.92. The number of carbonyl (C=O) groups excluding carboxylic acids is 2. The van der Waals surface area contributed by atoms with Crippen LogP contribution in [-0.4, -0.2) is 44.3 Å². The standard InChI is InChI=1S/C21H21ClN2O5S/c1-13-9-10-15(11-18(13)22)24(30(4,27)28)14(2)20(25)23-12-17(21(26)29-3)16-7-5-6-8-19(16)23/h5-12,14H,1-4H3/t14-/m1/s1. The molecule has 1 atom stereocenters. The molecule has 0 radical (unpaired) electrons. The first-order valence-corrected chi connectivity index (χ1v) is 11.3. The number of nitrogens with zero attached hydrogens (tertiary/aromatic N) is 2. The Morgan fingerprint density at radius 3 is 2.43 bits per heavy atom. The van der Waals surface area contributed by atoms with E-state index >= 15 is 0 Å². The van der Waals surface area contributed by atoms with Gasteiger partial charge in [0.05, 0.1) is 30.1 Å². The minimum absolute atomic E-state index is 0.220. The number of benzene rings is 2. The van der Waals surface area contributed by atoms with E-state index in [2.05, 4.69) is 0 Å². The first kappa shape index (κ1) is 21.9. The number of esters is 1. The molecule has 0 aliphatic carbocycles. The van der Waals surface area contributed by atoms with Gasteiger partial charge in [0, 0.05) is 16.6 Å². The van der Waals surface area contributed by atoms with Crippen molar-refractivity contribution in [1.82, 2.24) is 4.57 Å². The summed E-state index contributed by atoms with van der Waals surface area (Å²) in [5.41, 5.74) is 1.76. The summed E-state index contributed by atoms with van der Waals surface area (Å²) in [4.78, 5) is 25.5. The Morgan fingerprint density at radius 1 is 1.17 bits per heavy atom. The van der Waals surface area contributed by atoms with Crippen molar-refractivity contribution in [2.45, 2.75) is 19.9 Å². The highest BCUT2D eigenvalue weighted by Gasteiger charge is 2.31. The molecule has 0 saturated heterocycles. The minimum atomic E-state index is -3.82. The number of rotatable bonds is 5. The predicted octanol–water partition coefficient (Wildman–Crippen LogP) is 3.88. The number of carbonyl (C=O) groups is 2. The lowest BCUT2D eigenvalue weighted by Gasteiger charge is -2.28. The molecule has 1 heterocycles. The lowest BCUT2D eigenvalue weighted by atomic mass is 10.2. The third-order valence-corrected chi connectivity index (χ3v) is 6.48. The smallest absolute Gasteiger partial charge is 0.340 e. The van der Waals surface area contributed by atoms with E-state index in [1.165, 1.54) is 30.9 Å². The Kier molecular flexibility index (Phi) is 5.92. The molecule has 0 spiro atoms. The molecule has 0 N–H and O–H groups in total. The van der Waals surface area contributed by atoms with Crippen LogP contribution in [0.2, 0.25) is 5.02 Å². The fourth-order valence-electron chi connectivity index (χ4n) is 3.36. The zero-order valence-corrected chi connectivity index (χ0v) is 18.5. The lowest BCUT2D eigenvalue weighted by molar-refractivity contribution is 0.0603. The number of sulfonamides is 1. The van der Waals surface area contributed by atoms with Gasteiger partial charge in [0.1, 0.15) is 6.04 Å². The molecule has 30 heavy (non-hydrogen) atoms. The van der Waals surface area contributed by atoms with Gasteiger partial charge >= 0.3 is 5.97 Å². The first-order chi connectivity index (χ1) is 14.1. The maximum Gasteiger partial charge on any atom is 0.340 e. The van der Waals surface area contributed by atoms with Crippen molar-refractivity contribution >= 4 is 50.1 Å². The quantitative estimate of drug-likeness (QED) is 0.553. The van der Waals surface area contributed by atoms with Gasteiger partial charge in [0.15, 0.2) is 0 Å². The molecule has 0 unspecified atom stereocenters. The average Bonchev–Trinajstić information content (AvgIpc) is 3.08. The van der Waals surface area contributed by atoms with Crippen LogP contribution in [0, 0.1) is 6.92 Å². The van der Waals surface area contributed by atoms with Crippen LogP contribution < -0.4 is 4.31 Å². The fraction of sp³-hybridized carbons (Fsp3) is 0.238. The number of ether oxygens (including phenoxy) is 1. The van der Waals surface area contributed by atoms with Gasteiger partial charge in [-0.1, -0.05) is 35.9 Å². The molecule has 158 valence electrons. The van der Waals surface area contributed by atoms with Crippen molar-refractivity contribution in [3.05, 3.63) is 64.8 Å². The molecule has 9 heteroatoms. The second-order valence-electron chi connectivity index (χ2n) is 6.93. The lowest BCUT2D eigenvalue weighted by Crippen LogP contribution is -2.44. The van der Waals surface area contributed by atoms with E-state index in [0.29, 0.717) is 15.9 Å². The van der Waals surface area contributed by atoms with Gasteiger partial charge in [-0.25, -0.2) is 13.2 Å². The molecule has 2 aromatic carbocycles. The Labute approximate surface area is 179 Å². The van der Waals surface area contributed by atoms with Crippen LogP contribution >= 0.6 is 11.6 Å². The van der Waals surface area contributed by atoms with Crippen molar-refractivity contribution in [3.8, 4) is 0 Å². The number of para-hydroxylation sites is 1. The summed E-state index contributed by atoms with van der Waals surface area (Å²) in [5.74, 6) is -1.11. The summed E-state index contributed by atoms with van der Waals surface area (Å²) in [6.07, 6.45) is 2.40. The van der Waals surface area contributed by atoms with E-state index in [1.54, 1.807) is 43.3 Å². The Balaban J connectivity index is 2.13. The molecule has 3 rings (SSSR count). The van der Waals surface area contributed by atoms with Crippen molar-refractivity contribution in [2.24, 2.45) is 0 Å². The molecule has 0 amide bonds. The fourth-order valence-corrected chi connectivity index (χ4v) is 4.69. The molecule has 7 nitrogen and oxygen atoms in total. The second kappa shape index (κ2) is 8.12. The highest BCUT2D eigenvalue weighted by Crippen LogP contribution is 2.28. The van der Waals surface area contributed by atoms with Gasteiger partial charge in [0.25, 0.3) is 5.91 Å². The van der Waals surface area contributed by atoms with Crippen molar-refractivity contribution in [2.75, 3.05) is 17.7 Å². The van der Waals surface area contributed by atoms with E-state index in [-0.39, 0.29) is 11.3 Å². The third kappa shape index (κ3) is 3.93. The molecule has 0 saturated carbocycles. The summed E-state index contributed by atoms with van der Waals surface area (Å²) in [6, 6.07) is 10.5. The third-order valence-electron chi connectivity index (χ3n) is 4.83.